The number of nitrogens with zero attached hydrogens (tertiary/aromatic N) is 2. The molecule has 236 valence electrons. The van der Waals surface area contributed by atoms with Crippen molar-refractivity contribution < 1.29 is 24.2 Å². The average Bonchev–Trinajstić information content (AvgIpc) is 3.67. The van der Waals surface area contributed by atoms with Crippen LogP contribution in [0.2, 0.25) is 0 Å². The summed E-state index contributed by atoms with van der Waals surface area (Å²) in [6, 6.07) is 16.9. The topological polar surface area (TPSA) is 163 Å². The molecule has 3 amide bonds. The van der Waals surface area contributed by atoms with Crippen LogP contribution in [0.25, 0.3) is 0 Å². The summed E-state index contributed by atoms with van der Waals surface area (Å²) in [7, 11) is 0. The van der Waals surface area contributed by atoms with Gasteiger partial charge in [-0.05, 0) is 57.7 Å². The first-order chi connectivity index (χ1) is 21.0. The monoisotopic (exact) mass is 604 g/mol. The fraction of sp³-hybridized carbons (Fsp3) is 0.455. The third-order valence-electron chi connectivity index (χ3n) is 8.19. The van der Waals surface area contributed by atoms with E-state index in [1.807, 2.05) is 81.4 Å². The Hall–Kier alpha value is -4.22. The Morgan fingerprint density at radius 2 is 1.70 bits per heavy atom. The molecule has 0 saturated carbocycles. The van der Waals surface area contributed by atoms with Crippen LogP contribution in [0.3, 0.4) is 0 Å². The summed E-state index contributed by atoms with van der Waals surface area (Å²) in [6.07, 6.45) is 2.94. The number of nitrogens with one attached hydrogen (secondary N) is 3. The number of carbonyl (C=O) groups excluding carboxylic acids is 3. The van der Waals surface area contributed by atoms with Gasteiger partial charge in [-0.1, -0.05) is 60.7 Å². The van der Waals surface area contributed by atoms with Gasteiger partial charge in [0.1, 0.15) is 18.2 Å². The number of ether oxygens (including phenoxy) is 1. The standard InChI is InChI=1S/C33H44N6O5/c1-32(2,3)39-16-10-15-33(39,30(34)42)19-28(40)26(17-23-11-6-4-7-12-23)37-29(41)27(18-25-20-35-22-36-25)38-31(43)44-21-24-13-8-5-9-14-24/h4-9,11-14,20,22,26-28,40H,10,15-19,21H2,1-3H3,(H2,34,42)(H,35,36)(H,37,41)(H,38,43)/t26-,27-,28+,33+/m0/s1. The lowest BCUT2D eigenvalue weighted by atomic mass is 9.82. The number of hydrogen-bond donors (Lipinski definition) is 5. The number of aromatic amines is 1. The Balaban J connectivity index is 1.55. The lowest BCUT2D eigenvalue weighted by Gasteiger charge is -2.46. The number of imidazole rings is 1. The smallest absolute Gasteiger partial charge is 0.408 e. The minimum absolute atomic E-state index is 0.0416. The van der Waals surface area contributed by atoms with E-state index in [0.29, 0.717) is 25.1 Å². The fourth-order valence-corrected chi connectivity index (χ4v) is 6.08. The minimum atomic E-state index is -1.12. The highest BCUT2D eigenvalue weighted by atomic mass is 16.5. The Kier molecular flexibility index (Phi) is 10.8. The molecule has 0 spiro atoms. The largest absolute Gasteiger partial charge is 0.445 e. The number of aromatic nitrogens is 2. The molecule has 11 nitrogen and oxygen atoms in total. The number of hydrogen-bond acceptors (Lipinski definition) is 7. The quantitative estimate of drug-likeness (QED) is 0.200. The molecule has 44 heavy (non-hydrogen) atoms. The van der Waals surface area contributed by atoms with E-state index in [4.69, 9.17) is 10.5 Å². The second-order valence-corrected chi connectivity index (χ2v) is 12.4. The van der Waals surface area contributed by atoms with Gasteiger partial charge >= 0.3 is 6.09 Å². The van der Waals surface area contributed by atoms with Crippen LogP contribution in [0, 0.1) is 0 Å². The third kappa shape index (κ3) is 8.45. The number of amides is 3. The van der Waals surface area contributed by atoms with E-state index in [0.717, 1.165) is 17.5 Å². The summed E-state index contributed by atoms with van der Waals surface area (Å²) in [5.74, 6) is -1.00. The van der Waals surface area contributed by atoms with Crippen LogP contribution in [0.4, 0.5) is 4.79 Å². The maximum atomic E-state index is 13.8. The van der Waals surface area contributed by atoms with Gasteiger partial charge in [0.15, 0.2) is 0 Å². The van der Waals surface area contributed by atoms with Crippen LogP contribution in [-0.4, -0.2) is 73.7 Å². The van der Waals surface area contributed by atoms with Crippen molar-refractivity contribution in [3.63, 3.8) is 0 Å². The predicted molar refractivity (Wildman–Crippen MR) is 166 cm³/mol. The lowest BCUT2D eigenvalue weighted by Crippen LogP contribution is -2.63. The summed E-state index contributed by atoms with van der Waals surface area (Å²) >= 11 is 0. The second kappa shape index (κ2) is 14.5. The molecule has 3 aromatic rings. The zero-order valence-corrected chi connectivity index (χ0v) is 25.7. The van der Waals surface area contributed by atoms with Crippen LogP contribution in [0.5, 0.6) is 0 Å². The SMILES string of the molecule is CC(C)(C)N1CCC[C@@]1(C[C@@H](O)[C@H](Cc1ccccc1)NC(=O)[C@H](Cc1cnc[nH]1)NC(=O)OCc1ccccc1)C(N)=O. The number of alkyl carbamates (subject to hydrolysis) is 1. The van der Waals surface area contributed by atoms with Gasteiger partial charge in [0.2, 0.25) is 11.8 Å². The summed E-state index contributed by atoms with van der Waals surface area (Å²) in [5, 5.41) is 17.4. The van der Waals surface area contributed by atoms with Crippen molar-refractivity contribution in [2.75, 3.05) is 6.54 Å². The van der Waals surface area contributed by atoms with Gasteiger partial charge < -0.3 is 31.2 Å². The van der Waals surface area contributed by atoms with Gasteiger partial charge in [-0.2, -0.15) is 0 Å². The molecule has 11 heteroatoms. The third-order valence-corrected chi connectivity index (χ3v) is 8.19. The van der Waals surface area contributed by atoms with Crippen LogP contribution >= 0.6 is 0 Å². The van der Waals surface area contributed by atoms with Crippen molar-refractivity contribution >= 4 is 17.9 Å². The zero-order valence-electron chi connectivity index (χ0n) is 25.7. The second-order valence-electron chi connectivity index (χ2n) is 12.4. The molecule has 0 unspecified atom stereocenters. The summed E-state index contributed by atoms with van der Waals surface area (Å²) in [6.45, 7) is 6.78. The van der Waals surface area contributed by atoms with E-state index in [2.05, 4.69) is 25.5 Å². The number of nitrogens with two attached hydrogens (primary N) is 1. The molecular formula is C33H44N6O5. The highest BCUT2D eigenvalue weighted by Gasteiger charge is 2.51. The van der Waals surface area contributed by atoms with Crippen LogP contribution in [0.1, 0.15) is 56.9 Å². The van der Waals surface area contributed by atoms with Crippen molar-refractivity contribution in [1.82, 2.24) is 25.5 Å². The highest BCUT2D eigenvalue weighted by molar-refractivity contribution is 5.86. The predicted octanol–water partition coefficient (Wildman–Crippen LogP) is 2.84. The molecule has 4 atom stereocenters. The molecule has 0 aliphatic carbocycles. The van der Waals surface area contributed by atoms with Crippen LogP contribution < -0.4 is 16.4 Å². The molecule has 4 rings (SSSR count). The number of carbonyl (C=O) groups is 3. The molecule has 2 aromatic carbocycles. The molecule has 1 aliphatic heterocycles. The van der Waals surface area contributed by atoms with E-state index in [1.165, 1.54) is 6.33 Å². The average molecular weight is 605 g/mol. The Morgan fingerprint density at radius 3 is 2.30 bits per heavy atom. The summed E-state index contributed by atoms with van der Waals surface area (Å²) < 4.78 is 5.39. The Morgan fingerprint density at radius 1 is 1.05 bits per heavy atom. The highest BCUT2D eigenvalue weighted by Crippen LogP contribution is 2.39. The number of primary amides is 1. The first-order valence-electron chi connectivity index (χ1n) is 15.0. The first-order valence-corrected chi connectivity index (χ1v) is 15.0. The normalized spacial score (nSPS) is 19.1. The maximum Gasteiger partial charge on any atom is 0.408 e. The van der Waals surface area contributed by atoms with Crippen molar-refractivity contribution in [2.24, 2.45) is 5.73 Å². The lowest BCUT2D eigenvalue weighted by molar-refractivity contribution is -0.135. The summed E-state index contributed by atoms with van der Waals surface area (Å²) in [5.41, 5.74) is 6.93. The Bertz CT molecular complexity index is 1360. The van der Waals surface area contributed by atoms with Gasteiger partial charge in [-0.3, -0.25) is 14.5 Å². The summed E-state index contributed by atoms with van der Waals surface area (Å²) in [4.78, 5) is 48.7. The molecule has 1 saturated heterocycles. The number of H-pyrrole nitrogens is 1. The zero-order chi connectivity index (χ0) is 31.7. The maximum absolute atomic E-state index is 13.8. The van der Waals surface area contributed by atoms with Gasteiger partial charge in [0.25, 0.3) is 0 Å². The molecule has 6 N–H and O–H groups in total. The van der Waals surface area contributed by atoms with E-state index in [-0.39, 0.29) is 25.0 Å². The molecule has 1 aromatic heterocycles. The molecule has 0 bridgehead atoms. The molecule has 1 aliphatic rings. The van der Waals surface area contributed by atoms with Gasteiger partial charge in [0, 0.05) is 30.3 Å². The fourth-order valence-electron chi connectivity index (χ4n) is 6.08. The van der Waals surface area contributed by atoms with Crippen LogP contribution in [-0.2, 0) is 33.8 Å². The number of aliphatic hydroxyl groups is 1. The van der Waals surface area contributed by atoms with Crippen molar-refractivity contribution in [3.8, 4) is 0 Å². The number of rotatable bonds is 13. The number of aliphatic hydroxyl groups excluding tert-OH is 1. The molecule has 0 radical (unpaired) electrons. The Labute approximate surface area is 258 Å². The number of likely N-dealkylation sites (tertiary alicyclic amines) is 1. The van der Waals surface area contributed by atoms with Crippen LogP contribution in [0.15, 0.2) is 73.2 Å². The minimum Gasteiger partial charge on any atom is -0.445 e. The van der Waals surface area contributed by atoms with E-state index < -0.39 is 41.6 Å². The van der Waals surface area contributed by atoms with Crippen molar-refractivity contribution in [2.45, 2.75) is 88.7 Å². The molecule has 1 fully saturated rings. The first kappa shape index (κ1) is 32.7. The van der Waals surface area contributed by atoms with Gasteiger partial charge in [0.05, 0.1) is 18.5 Å². The molecular weight excluding hydrogens is 560 g/mol. The van der Waals surface area contributed by atoms with E-state index in [1.54, 1.807) is 6.20 Å². The number of benzene rings is 2. The van der Waals surface area contributed by atoms with Gasteiger partial charge in [-0.25, -0.2) is 9.78 Å². The van der Waals surface area contributed by atoms with E-state index >= 15 is 0 Å². The van der Waals surface area contributed by atoms with Crippen molar-refractivity contribution in [1.29, 1.82) is 0 Å². The van der Waals surface area contributed by atoms with E-state index in [9.17, 15) is 19.5 Å². The van der Waals surface area contributed by atoms with Crippen molar-refractivity contribution in [3.05, 3.63) is 90.0 Å². The van der Waals surface area contributed by atoms with Gasteiger partial charge in [-0.15, -0.1) is 0 Å². The molecule has 2 heterocycles.